The summed E-state index contributed by atoms with van der Waals surface area (Å²) in [5.41, 5.74) is 2.05. The van der Waals surface area contributed by atoms with Crippen LogP contribution in [-0.4, -0.2) is 4.98 Å². The molecule has 2 nitrogen and oxygen atoms in total. The zero-order valence-electron chi connectivity index (χ0n) is 8.45. The predicted octanol–water partition coefficient (Wildman–Crippen LogP) is 4.11. The van der Waals surface area contributed by atoms with E-state index in [0.717, 1.165) is 16.7 Å². The van der Waals surface area contributed by atoms with Gasteiger partial charge in [0.25, 0.3) is 0 Å². The highest BCUT2D eigenvalue weighted by Crippen LogP contribution is 2.20. The molecule has 0 aliphatic rings. The minimum atomic E-state index is 0.687. The zero-order valence-corrected chi connectivity index (χ0v) is 10.8. The maximum Gasteiger partial charge on any atom is 0.0718 e. The zero-order chi connectivity index (χ0) is 11.4. The van der Waals surface area contributed by atoms with Crippen molar-refractivity contribution >= 4 is 33.2 Å². The van der Waals surface area contributed by atoms with E-state index < -0.39 is 0 Å². The van der Waals surface area contributed by atoms with E-state index in [4.69, 9.17) is 11.6 Å². The van der Waals surface area contributed by atoms with E-state index in [1.165, 1.54) is 5.56 Å². The standard InChI is InChI=1S/C12H10BrClN2/c13-10-3-1-9(2-4-10)7-16-12-8-15-6-5-11(12)14/h1-6,8,16H,7H2. The summed E-state index contributed by atoms with van der Waals surface area (Å²) < 4.78 is 1.08. The Morgan fingerprint density at radius 3 is 2.62 bits per heavy atom. The number of hydrogen-bond acceptors (Lipinski definition) is 2. The van der Waals surface area contributed by atoms with Crippen molar-refractivity contribution in [1.82, 2.24) is 4.98 Å². The minimum Gasteiger partial charge on any atom is -0.379 e. The number of halogens is 2. The van der Waals surface area contributed by atoms with Crippen molar-refractivity contribution in [2.45, 2.75) is 6.54 Å². The van der Waals surface area contributed by atoms with Gasteiger partial charge in [-0.25, -0.2) is 0 Å². The molecule has 0 aliphatic heterocycles. The Hall–Kier alpha value is -1.06. The number of pyridine rings is 1. The predicted molar refractivity (Wildman–Crippen MR) is 70.7 cm³/mol. The highest BCUT2D eigenvalue weighted by Gasteiger charge is 1.98. The molecule has 1 N–H and O–H groups in total. The molecule has 82 valence electrons. The van der Waals surface area contributed by atoms with Gasteiger partial charge >= 0.3 is 0 Å². The Morgan fingerprint density at radius 2 is 1.94 bits per heavy atom. The Bertz CT molecular complexity index is 471. The number of nitrogens with zero attached hydrogens (tertiary/aromatic N) is 1. The third kappa shape index (κ3) is 2.97. The molecular formula is C12H10BrClN2. The third-order valence-electron chi connectivity index (χ3n) is 2.16. The summed E-state index contributed by atoms with van der Waals surface area (Å²) in [6.07, 6.45) is 3.40. The van der Waals surface area contributed by atoms with E-state index in [-0.39, 0.29) is 0 Å². The molecule has 2 aromatic rings. The second kappa shape index (κ2) is 5.32. The summed E-state index contributed by atoms with van der Waals surface area (Å²) in [4.78, 5) is 4.02. The molecule has 0 amide bonds. The van der Waals surface area contributed by atoms with Crippen molar-refractivity contribution in [3.05, 3.63) is 57.8 Å². The van der Waals surface area contributed by atoms with Gasteiger partial charge in [0.2, 0.25) is 0 Å². The second-order valence-electron chi connectivity index (χ2n) is 3.34. The highest BCUT2D eigenvalue weighted by molar-refractivity contribution is 9.10. The van der Waals surface area contributed by atoms with Crippen molar-refractivity contribution in [3.8, 4) is 0 Å². The quantitative estimate of drug-likeness (QED) is 0.922. The molecular weight excluding hydrogens is 288 g/mol. The lowest BCUT2D eigenvalue weighted by Gasteiger charge is -2.07. The van der Waals surface area contributed by atoms with Crippen LogP contribution in [0.25, 0.3) is 0 Å². The van der Waals surface area contributed by atoms with E-state index >= 15 is 0 Å². The average Bonchev–Trinajstić information content (AvgIpc) is 2.30. The second-order valence-corrected chi connectivity index (χ2v) is 4.66. The number of anilines is 1. The van der Waals surface area contributed by atoms with Crippen LogP contribution in [0.3, 0.4) is 0 Å². The van der Waals surface area contributed by atoms with Crippen LogP contribution >= 0.6 is 27.5 Å². The van der Waals surface area contributed by atoms with Gasteiger partial charge in [0.1, 0.15) is 0 Å². The number of rotatable bonds is 3. The summed E-state index contributed by atoms with van der Waals surface area (Å²) in [7, 11) is 0. The summed E-state index contributed by atoms with van der Waals surface area (Å²) in [6, 6.07) is 9.91. The topological polar surface area (TPSA) is 24.9 Å². The van der Waals surface area contributed by atoms with Gasteiger partial charge in [-0.3, -0.25) is 4.98 Å². The fraction of sp³-hybridized carbons (Fsp3) is 0.0833. The Kier molecular flexibility index (Phi) is 3.80. The average molecular weight is 298 g/mol. The van der Waals surface area contributed by atoms with Gasteiger partial charge in [0.05, 0.1) is 16.9 Å². The van der Waals surface area contributed by atoms with Crippen molar-refractivity contribution < 1.29 is 0 Å². The lowest BCUT2D eigenvalue weighted by molar-refractivity contribution is 1.14. The number of aromatic nitrogens is 1. The molecule has 2 rings (SSSR count). The van der Waals surface area contributed by atoms with Crippen molar-refractivity contribution in [2.75, 3.05) is 5.32 Å². The lowest BCUT2D eigenvalue weighted by atomic mass is 10.2. The molecule has 0 unspecified atom stereocenters. The molecule has 0 saturated heterocycles. The molecule has 0 aliphatic carbocycles. The van der Waals surface area contributed by atoms with E-state index in [2.05, 4.69) is 38.4 Å². The molecule has 1 heterocycles. The van der Waals surface area contributed by atoms with Gasteiger partial charge in [-0.15, -0.1) is 0 Å². The fourth-order valence-electron chi connectivity index (χ4n) is 1.31. The van der Waals surface area contributed by atoms with E-state index in [0.29, 0.717) is 5.02 Å². The summed E-state index contributed by atoms with van der Waals surface area (Å²) in [5.74, 6) is 0. The SMILES string of the molecule is Clc1ccncc1NCc1ccc(Br)cc1. The Morgan fingerprint density at radius 1 is 1.19 bits per heavy atom. The van der Waals surface area contributed by atoms with Crippen LogP contribution in [0.15, 0.2) is 47.2 Å². The van der Waals surface area contributed by atoms with Crippen LogP contribution in [0.4, 0.5) is 5.69 Å². The van der Waals surface area contributed by atoms with Gasteiger partial charge in [-0.1, -0.05) is 39.7 Å². The molecule has 0 radical (unpaired) electrons. The van der Waals surface area contributed by atoms with Crippen molar-refractivity contribution in [1.29, 1.82) is 0 Å². The maximum atomic E-state index is 6.01. The number of nitrogens with one attached hydrogen (secondary N) is 1. The first-order valence-corrected chi connectivity index (χ1v) is 6.00. The molecule has 1 aromatic carbocycles. The molecule has 0 bridgehead atoms. The summed E-state index contributed by atoms with van der Waals surface area (Å²) in [6.45, 7) is 0.735. The molecule has 0 spiro atoms. The lowest BCUT2D eigenvalue weighted by Crippen LogP contribution is -1.99. The van der Waals surface area contributed by atoms with Gasteiger partial charge in [0, 0.05) is 17.2 Å². The molecule has 0 saturated carbocycles. The highest BCUT2D eigenvalue weighted by atomic mass is 79.9. The molecule has 4 heteroatoms. The maximum absolute atomic E-state index is 6.01. The van der Waals surface area contributed by atoms with Crippen molar-refractivity contribution in [3.63, 3.8) is 0 Å². The van der Waals surface area contributed by atoms with Crippen LogP contribution in [0, 0.1) is 0 Å². The molecule has 0 atom stereocenters. The molecule has 1 aromatic heterocycles. The van der Waals surface area contributed by atoms with Crippen LogP contribution < -0.4 is 5.32 Å². The van der Waals surface area contributed by atoms with Crippen molar-refractivity contribution in [2.24, 2.45) is 0 Å². The first-order valence-electron chi connectivity index (χ1n) is 4.83. The van der Waals surface area contributed by atoms with Crippen LogP contribution in [0.2, 0.25) is 5.02 Å². The van der Waals surface area contributed by atoms with E-state index in [1.807, 2.05) is 12.1 Å². The normalized spacial score (nSPS) is 10.1. The monoisotopic (exact) mass is 296 g/mol. The van der Waals surface area contributed by atoms with E-state index in [1.54, 1.807) is 18.5 Å². The van der Waals surface area contributed by atoms with Crippen LogP contribution in [0.5, 0.6) is 0 Å². The fourth-order valence-corrected chi connectivity index (χ4v) is 1.74. The van der Waals surface area contributed by atoms with Crippen LogP contribution in [-0.2, 0) is 6.54 Å². The smallest absolute Gasteiger partial charge is 0.0718 e. The van der Waals surface area contributed by atoms with Gasteiger partial charge in [0.15, 0.2) is 0 Å². The number of benzene rings is 1. The Balaban J connectivity index is 2.02. The third-order valence-corrected chi connectivity index (χ3v) is 3.02. The van der Waals surface area contributed by atoms with Gasteiger partial charge < -0.3 is 5.32 Å². The van der Waals surface area contributed by atoms with E-state index in [9.17, 15) is 0 Å². The van der Waals surface area contributed by atoms with Gasteiger partial charge in [-0.2, -0.15) is 0 Å². The summed E-state index contributed by atoms with van der Waals surface area (Å²) in [5, 5.41) is 3.93. The number of hydrogen-bond donors (Lipinski definition) is 1. The summed E-state index contributed by atoms with van der Waals surface area (Å²) >= 11 is 9.41. The molecule has 0 fully saturated rings. The molecule has 16 heavy (non-hydrogen) atoms. The van der Waals surface area contributed by atoms with Crippen LogP contribution in [0.1, 0.15) is 5.56 Å². The minimum absolute atomic E-state index is 0.687. The first-order chi connectivity index (χ1) is 7.75. The largest absolute Gasteiger partial charge is 0.379 e. The van der Waals surface area contributed by atoms with Gasteiger partial charge in [-0.05, 0) is 23.8 Å². The Labute approximate surface area is 108 Å². The first kappa shape index (κ1) is 11.4.